The van der Waals surface area contributed by atoms with Gasteiger partial charge in [0.05, 0.1) is 11.8 Å². The lowest BCUT2D eigenvalue weighted by atomic mass is 9.99. The van der Waals surface area contributed by atoms with E-state index in [-0.39, 0.29) is 24.1 Å². The molecule has 7 heteroatoms. The van der Waals surface area contributed by atoms with Crippen LogP contribution in [-0.4, -0.2) is 53.5 Å². The first-order valence-corrected chi connectivity index (χ1v) is 11.6. The van der Waals surface area contributed by atoms with Crippen LogP contribution in [0.4, 0.5) is 0 Å². The van der Waals surface area contributed by atoms with Gasteiger partial charge in [-0.15, -0.1) is 0 Å². The molecule has 1 atom stereocenters. The van der Waals surface area contributed by atoms with Crippen LogP contribution in [0.15, 0.2) is 48.7 Å². The van der Waals surface area contributed by atoms with Gasteiger partial charge in [-0.3, -0.25) is 4.79 Å². The summed E-state index contributed by atoms with van der Waals surface area (Å²) < 4.78 is 28.6. The van der Waals surface area contributed by atoms with Crippen molar-refractivity contribution in [3.8, 4) is 0 Å². The molecule has 1 amide bonds. The number of hydrogen-bond acceptors (Lipinski definition) is 3. The number of sulfonamides is 1. The molecule has 0 aliphatic carbocycles. The van der Waals surface area contributed by atoms with Gasteiger partial charge >= 0.3 is 0 Å². The summed E-state index contributed by atoms with van der Waals surface area (Å²) in [6, 6.07) is 14.0. The Morgan fingerprint density at radius 3 is 2.46 bits per heavy atom. The third-order valence-electron chi connectivity index (χ3n) is 5.73. The van der Waals surface area contributed by atoms with Crippen LogP contribution in [0.5, 0.6) is 0 Å². The molecule has 2 aliphatic rings. The Morgan fingerprint density at radius 1 is 0.964 bits per heavy atom. The fourth-order valence-electron chi connectivity index (χ4n) is 4.28. The Hall–Kier alpha value is -2.12. The number of nitrogens with zero attached hydrogens (tertiary/aromatic N) is 3. The number of amides is 1. The summed E-state index contributed by atoms with van der Waals surface area (Å²) in [4.78, 5) is 14.9. The minimum Gasteiger partial charge on any atom is -0.348 e. The van der Waals surface area contributed by atoms with Gasteiger partial charge in [0.15, 0.2) is 0 Å². The number of benzene rings is 1. The molecular weight excluding hydrogens is 374 g/mol. The van der Waals surface area contributed by atoms with Gasteiger partial charge in [0.2, 0.25) is 15.9 Å². The van der Waals surface area contributed by atoms with Gasteiger partial charge in [-0.05, 0) is 37.0 Å². The second kappa shape index (κ2) is 8.09. The Kier molecular flexibility index (Phi) is 5.55. The molecule has 1 aromatic heterocycles. The molecule has 4 rings (SSSR count). The first-order chi connectivity index (χ1) is 13.6. The fraction of sp³-hybridized carbons (Fsp3) is 0.476. The average molecular weight is 402 g/mol. The number of fused-ring (bicyclic) bond motifs is 1. The zero-order valence-corrected chi connectivity index (χ0v) is 16.9. The molecule has 28 heavy (non-hydrogen) atoms. The molecule has 0 N–H and O–H groups in total. The summed E-state index contributed by atoms with van der Waals surface area (Å²) in [6.45, 7) is 2.65. The van der Waals surface area contributed by atoms with Crippen molar-refractivity contribution < 1.29 is 13.2 Å². The maximum atomic E-state index is 13.0. The van der Waals surface area contributed by atoms with E-state index in [0.717, 1.165) is 30.6 Å². The Morgan fingerprint density at radius 2 is 1.71 bits per heavy atom. The van der Waals surface area contributed by atoms with E-state index in [4.69, 9.17) is 0 Å². The fourth-order valence-corrected chi connectivity index (χ4v) is 5.86. The van der Waals surface area contributed by atoms with Gasteiger partial charge in [0.1, 0.15) is 0 Å². The maximum Gasteiger partial charge on any atom is 0.223 e. The average Bonchev–Trinajstić information content (AvgIpc) is 3.39. The zero-order chi connectivity index (χ0) is 19.6. The molecular formula is C21H27N3O3S. The summed E-state index contributed by atoms with van der Waals surface area (Å²) >= 11 is 0. The highest BCUT2D eigenvalue weighted by Crippen LogP contribution is 2.32. The highest BCUT2D eigenvalue weighted by molar-refractivity contribution is 7.89. The van der Waals surface area contributed by atoms with E-state index >= 15 is 0 Å². The van der Waals surface area contributed by atoms with E-state index in [1.54, 1.807) is 4.31 Å². The zero-order valence-electron chi connectivity index (χ0n) is 16.0. The van der Waals surface area contributed by atoms with Crippen molar-refractivity contribution in [1.29, 1.82) is 0 Å². The molecule has 1 unspecified atom stereocenters. The van der Waals surface area contributed by atoms with E-state index in [1.807, 2.05) is 41.3 Å². The Balaban J connectivity index is 1.45. The van der Waals surface area contributed by atoms with E-state index < -0.39 is 10.0 Å². The van der Waals surface area contributed by atoms with Crippen molar-refractivity contribution in [2.24, 2.45) is 0 Å². The van der Waals surface area contributed by atoms with Crippen LogP contribution >= 0.6 is 0 Å². The van der Waals surface area contributed by atoms with Crippen molar-refractivity contribution in [3.63, 3.8) is 0 Å². The molecule has 2 aliphatic heterocycles. The summed E-state index contributed by atoms with van der Waals surface area (Å²) in [5, 5.41) is 0. The number of aromatic nitrogens is 1. The highest BCUT2D eigenvalue weighted by atomic mass is 32.2. The van der Waals surface area contributed by atoms with Gasteiger partial charge in [-0.2, -0.15) is 0 Å². The predicted molar refractivity (Wildman–Crippen MR) is 108 cm³/mol. The first kappa shape index (κ1) is 19.2. The van der Waals surface area contributed by atoms with Gasteiger partial charge in [0, 0.05) is 44.5 Å². The quantitative estimate of drug-likeness (QED) is 0.748. The third-order valence-corrected chi connectivity index (χ3v) is 7.68. The highest BCUT2D eigenvalue weighted by Gasteiger charge is 2.32. The molecule has 150 valence electrons. The minimum atomic E-state index is -3.23. The van der Waals surface area contributed by atoms with Crippen molar-refractivity contribution in [3.05, 3.63) is 59.9 Å². The normalized spacial score (nSPS) is 20.3. The number of carbonyl (C=O) groups is 1. The molecule has 1 fully saturated rings. The van der Waals surface area contributed by atoms with Crippen LogP contribution < -0.4 is 0 Å². The van der Waals surface area contributed by atoms with Crippen LogP contribution in [-0.2, 0) is 21.4 Å². The predicted octanol–water partition coefficient (Wildman–Crippen LogP) is 2.63. The molecule has 2 aromatic rings. The summed E-state index contributed by atoms with van der Waals surface area (Å²) in [7, 11) is -3.23. The van der Waals surface area contributed by atoms with Crippen LogP contribution in [0.1, 0.15) is 43.0 Å². The van der Waals surface area contributed by atoms with Gasteiger partial charge < -0.3 is 9.47 Å². The van der Waals surface area contributed by atoms with E-state index in [0.29, 0.717) is 26.1 Å². The second-order valence-electron chi connectivity index (χ2n) is 7.55. The lowest BCUT2D eigenvalue weighted by molar-refractivity contribution is -0.133. The molecule has 3 heterocycles. The largest absolute Gasteiger partial charge is 0.348 e. The van der Waals surface area contributed by atoms with Crippen LogP contribution in [0.2, 0.25) is 0 Å². The second-order valence-corrected chi connectivity index (χ2v) is 9.64. The molecule has 0 bridgehead atoms. The summed E-state index contributed by atoms with van der Waals surface area (Å²) in [5.74, 6) is 0.0804. The van der Waals surface area contributed by atoms with Crippen molar-refractivity contribution in [2.75, 3.05) is 25.4 Å². The molecule has 0 saturated carbocycles. The van der Waals surface area contributed by atoms with Gasteiger partial charge in [-0.25, -0.2) is 12.7 Å². The third kappa shape index (κ3) is 3.86. The van der Waals surface area contributed by atoms with E-state index in [9.17, 15) is 13.2 Å². The van der Waals surface area contributed by atoms with Gasteiger partial charge in [0.25, 0.3) is 0 Å². The molecule has 1 aromatic carbocycles. The Labute approximate surface area is 166 Å². The molecule has 1 saturated heterocycles. The minimum absolute atomic E-state index is 0.0259. The number of rotatable bonds is 6. The van der Waals surface area contributed by atoms with E-state index in [2.05, 4.69) is 16.8 Å². The topological polar surface area (TPSA) is 62.6 Å². The summed E-state index contributed by atoms with van der Waals surface area (Å²) in [6.07, 6.45) is 4.55. The van der Waals surface area contributed by atoms with Crippen molar-refractivity contribution in [1.82, 2.24) is 13.8 Å². The monoisotopic (exact) mass is 401 g/mol. The van der Waals surface area contributed by atoms with Crippen LogP contribution in [0.25, 0.3) is 0 Å². The standard InChI is InChI=1S/C21H27N3O3S/c25-20(11-7-17-28(26,27)23-13-4-5-14-23)24-16-15-22-12-6-10-19(22)21(24)18-8-2-1-3-9-18/h1-3,6,8-10,12,21H,4-5,7,11,13-17H2. The lowest BCUT2D eigenvalue weighted by Gasteiger charge is -2.37. The molecule has 0 radical (unpaired) electrons. The molecule has 6 nitrogen and oxygen atoms in total. The van der Waals surface area contributed by atoms with Crippen LogP contribution in [0, 0.1) is 0 Å². The Bertz CT molecular complexity index is 917. The molecule has 0 spiro atoms. The van der Waals surface area contributed by atoms with Gasteiger partial charge in [-0.1, -0.05) is 30.3 Å². The SMILES string of the molecule is O=C(CCCS(=O)(=O)N1CCCC1)N1CCn2cccc2C1c1ccccc1. The maximum absolute atomic E-state index is 13.0. The van der Waals surface area contributed by atoms with E-state index in [1.165, 1.54) is 0 Å². The smallest absolute Gasteiger partial charge is 0.223 e. The number of carbonyl (C=O) groups excluding carboxylic acids is 1. The van der Waals surface area contributed by atoms with Crippen molar-refractivity contribution >= 4 is 15.9 Å². The number of hydrogen-bond donors (Lipinski definition) is 0. The first-order valence-electron chi connectivity index (χ1n) is 10.0. The van der Waals surface area contributed by atoms with Crippen molar-refractivity contribution in [2.45, 2.75) is 38.3 Å². The van der Waals surface area contributed by atoms with Crippen LogP contribution in [0.3, 0.4) is 0 Å². The lowest BCUT2D eigenvalue weighted by Crippen LogP contribution is -2.42. The summed E-state index contributed by atoms with van der Waals surface area (Å²) in [5.41, 5.74) is 2.19.